The third kappa shape index (κ3) is 41.8. The zero-order valence-corrected chi connectivity index (χ0v) is 35.7. The quantitative estimate of drug-likeness (QED) is 0.0268. The first-order valence-corrected chi connectivity index (χ1v) is 22.4. The monoisotopic (exact) mass is 767 g/mol. The summed E-state index contributed by atoms with van der Waals surface area (Å²) in [5, 5.41) is 0. The molecular formula is C49H82O6. The zero-order chi connectivity index (χ0) is 40.1. The normalized spacial score (nSPS) is 12.7. The Kier molecular flexibility index (Phi) is 41.1. The summed E-state index contributed by atoms with van der Waals surface area (Å²) >= 11 is 0. The van der Waals surface area contributed by atoms with Gasteiger partial charge in [0, 0.05) is 19.3 Å². The fraction of sp³-hybridized carbons (Fsp3) is 0.694. The van der Waals surface area contributed by atoms with E-state index in [-0.39, 0.29) is 37.5 Å². The van der Waals surface area contributed by atoms with Crippen LogP contribution in [-0.2, 0) is 28.6 Å². The summed E-state index contributed by atoms with van der Waals surface area (Å²) in [7, 11) is 0. The Balaban J connectivity index is 4.49. The Morgan fingerprint density at radius 3 is 1.27 bits per heavy atom. The highest BCUT2D eigenvalue weighted by Crippen LogP contribution is 2.13. The number of rotatable bonds is 39. The summed E-state index contributed by atoms with van der Waals surface area (Å²) in [6.07, 6.45) is 53.2. The summed E-state index contributed by atoms with van der Waals surface area (Å²) in [4.78, 5) is 37.6. The lowest BCUT2D eigenvalue weighted by atomic mass is 10.1. The zero-order valence-electron chi connectivity index (χ0n) is 35.7. The van der Waals surface area contributed by atoms with Gasteiger partial charge in [-0.25, -0.2) is 0 Å². The molecule has 1 unspecified atom stereocenters. The fourth-order valence-electron chi connectivity index (χ4n) is 5.82. The van der Waals surface area contributed by atoms with E-state index in [0.717, 1.165) is 83.5 Å². The minimum atomic E-state index is -0.804. The van der Waals surface area contributed by atoms with Gasteiger partial charge in [-0.15, -0.1) is 0 Å². The largest absolute Gasteiger partial charge is 0.462 e. The van der Waals surface area contributed by atoms with Gasteiger partial charge in [-0.2, -0.15) is 0 Å². The van der Waals surface area contributed by atoms with Gasteiger partial charge in [-0.05, 0) is 70.6 Å². The predicted octanol–water partition coefficient (Wildman–Crippen LogP) is 14.3. The van der Waals surface area contributed by atoms with Crippen LogP contribution in [0.25, 0.3) is 0 Å². The Hall–Kier alpha value is -3.15. The van der Waals surface area contributed by atoms with E-state index in [1.165, 1.54) is 70.6 Å². The Morgan fingerprint density at radius 1 is 0.382 bits per heavy atom. The minimum absolute atomic E-state index is 0.101. The van der Waals surface area contributed by atoms with E-state index in [9.17, 15) is 14.4 Å². The van der Waals surface area contributed by atoms with E-state index < -0.39 is 6.10 Å². The van der Waals surface area contributed by atoms with Crippen LogP contribution in [0.5, 0.6) is 0 Å². The molecule has 0 heterocycles. The highest BCUT2D eigenvalue weighted by molar-refractivity contribution is 5.71. The van der Waals surface area contributed by atoms with Crippen molar-refractivity contribution in [3.05, 3.63) is 72.9 Å². The third-order valence-corrected chi connectivity index (χ3v) is 9.21. The van der Waals surface area contributed by atoms with E-state index in [2.05, 4.69) is 81.5 Å². The first-order valence-electron chi connectivity index (χ1n) is 22.4. The average Bonchev–Trinajstić information content (AvgIpc) is 3.18. The van der Waals surface area contributed by atoms with Crippen molar-refractivity contribution < 1.29 is 28.6 Å². The molecular weight excluding hydrogens is 685 g/mol. The van der Waals surface area contributed by atoms with Crippen LogP contribution in [0.1, 0.15) is 201 Å². The van der Waals surface area contributed by atoms with E-state index in [4.69, 9.17) is 14.2 Å². The van der Waals surface area contributed by atoms with Crippen molar-refractivity contribution in [2.24, 2.45) is 0 Å². The van der Waals surface area contributed by atoms with Gasteiger partial charge in [0.2, 0.25) is 0 Å². The molecule has 0 radical (unpaired) electrons. The number of hydrogen-bond donors (Lipinski definition) is 0. The smallest absolute Gasteiger partial charge is 0.306 e. The molecule has 0 spiro atoms. The van der Waals surface area contributed by atoms with Gasteiger partial charge in [0.05, 0.1) is 0 Å². The third-order valence-electron chi connectivity index (χ3n) is 9.21. The van der Waals surface area contributed by atoms with Crippen molar-refractivity contribution in [1.82, 2.24) is 0 Å². The molecule has 314 valence electrons. The lowest BCUT2D eigenvalue weighted by Gasteiger charge is -2.18. The molecule has 0 N–H and O–H groups in total. The van der Waals surface area contributed by atoms with Crippen LogP contribution < -0.4 is 0 Å². The van der Waals surface area contributed by atoms with Crippen molar-refractivity contribution >= 4 is 17.9 Å². The number of allylic oxidation sites excluding steroid dienone is 12. The van der Waals surface area contributed by atoms with Crippen molar-refractivity contribution in [2.75, 3.05) is 13.2 Å². The second-order valence-corrected chi connectivity index (χ2v) is 14.6. The standard InChI is InChI=1S/C49H82O6/c1-4-7-10-13-16-19-22-23-24-25-26-28-30-33-36-39-42-48(51)54-45-46(44-53-47(50)41-38-35-32-29-21-18-15-12-9-6-3)55-49(52)43-40-37-34-31-27-20-17-14-11-8-5-2/h7,10,14,16-17,19,23-24,26,28,33,36,46H,4-6,8-9,11-13,15,18,20-22,25,27,29-32,34-35,37-45H2,1-3H3/b10-7-,17-14-,19-16-,24-23-,28-26-,36-33-. The number of ether oxygens (including phenoxy) is 3. The molecule has 0 saturated carbocycles. The number of hydrogen-bond acceptors (Lipinski definition) is 6. The van der Waals surface area contributed by atoms with Gasteiger partial charge in [0.15, 0.2) is 6.10 Å². The minimum Gasteiger partial charge on any atom is -0.462 e. The number of unbranched alkanes of at least 4 members (excludes halogenated alkanes) is 16. The Labute approximate surface area is 338 Å². The van der Waals surface area contributed by atoms with Gasteiger partial charge in [-0.1, -0.05) is 184 Å². The van der Waals surface area contributed by atoms with Crippen molar-refractivity contribution in [2.45, 2.75) is 207 Å². The van der Waals surface area contributed by atoms with Crippen molar-refractivity contribution in [3.8, 4) is 0 Å². The summed E-state index contributed by atoms with van der Waals surface area (Å²) in [6.45, 7) is 6.38. The highest BCUT2D eigenvalue weighted by atomic mass is 16.6. The van der Waals surface area contributed by atoms with Gasteiger partial charge < -0.3 is 14.2 Å². The van der Waals surface area contributed by atoms with Crippen LogP contribution in [-0.4, -0.2) is 37.2 Å². The van der Waals surface area contributed by atoms with Crippen LogP contribution in [0, 0.1) is 0 Å². The molecule has 1 atom stereocenters. The molecule has 0 rings (SSSR count). The van der Waals surface area contributed by atoms with E-state index in [1.807, 2.05) is 12.2 Å². The summed E-state index contributed by atoms with van der Waals surface area (Å²) in [5.41, 5.74) is 0. The van der Waals surface area contributed by atoms with Crippen molar-refractivity contribution in [3.63, 3.8) is 0 Å². The average molecular weight is 767 g/mol. The molecule has 0 aliphatic heterocycles. The topological polar surface area (TPSA) is 78.9 Å². The van der Waals surface area contributed by atoms with Crippen LogP contribution in [0.2, 0.25) is 0 Å². The number of carbonyl (C=O) groups is 3. The molecule has 0 saturated heterocycles. The maximum Gasteiger partial charge on any atom is 0.306 e. The van der Waals surface area contributed by atoms with Gasteiger partial charge >= 0.3 is 17.9 Å². The molecule has 0 aromatic carbocycles. The van der Waals surface area contributed by atoms with Crippen molar-refractivity contribution in [1.29, 1.82) is 0 Å². The van der Waals surface area contributed by atoms with E-state index in [1.54, 1.807) is 0 Å². The van der Waals surface area contributed by atoms with Gasteiger partial charge in [0.25, 0.3) is 0 Å². The molecule has 0 aromatic rings. The fourth-order valence-corrected chi connectivity index (χ4v) is 5.82. The molecule has 6 heteroatoms. The van der Waals surface area contributed by atoms with Crippen LogP contribution in [0.15, 0.2) is 72.9 Å². The van der Waals surface area contributed by atoms with Gasteiger partial charge in [0.1, 0.15) is 13.2 Å². The lowest BCUT2D eigenvalue weighted by molar-refractivity contribution is -0.166. The molecule has 55 heavy (non-hydrogen) atoms. The number of esters is 3. The van der Waals surface area contributed by atoms with Gasteiger partial charge in [-0.3, -0.25) is 14.4 Å². The predicted molar refractivity (Wildman–Crippen MR) is 233 cm³/mol. The second-order valence-electron chi connectivity index (χ2n) is 14.6. The molecule has 0 amide bonds. The highest BCUT2D eigenvalue weighted by Gasteiger charge is 2.19. The molecule has 0 fully saturated rings. The summed E-state index contributed by atoms with van der Waals surface area (Å²) < 4.78 is 16.6. The Morgan fingerprint density at radius 2 is 0.764 bits per heavy atom. The maximum absolute atomic E-state index is 12.7. The first kappa shape index (κ1) is 51.9. The molecule has 0 aliphatic rings. The maximum atomic E-state index is 12.7. The first-order chi connectivity index (χ1) is 27.0. The summed E-state index contributed by atoms with van der Waals surface area (Å²) in [5.74, 6) is -1.01. The number of carbonyl (C=O) groups excluding carboxylic acids is 3. The second kappa shape index (κ2) is 43.6. The lowest BCUT2D eigenvalue weighted by Crippen LogP contribution is -2.30. The van der Waals surface area contributed by atoms with Crippen LogP contribution in [0.3, 0.4) is 0 Å². The Bertz CT molecular complexity index is 1070. The SMILES string of the molecule is CC/C=C\C/C=C\C/C=C\C/C=C\C/C=C\CCC(=O)OCC(COC(=O)CCCCCCCCCCCC)OC(=O)CCCCCCC/C=C\CCCC. The van der Waals surface area contributed by atoms with E-state index in [0.29, 0.717) is 19.3 Å². The molecule has 0 aromatic heterocycles. The molecule has 0 bridgehead atoms. The molecule has 0 aliphatic carbocycles. The summed E-state index contributed by atoms with van der Waals surface area (Å²) in [6, 6.07) is 0. The van der Waals surface area contributed by atoms with E-state index >= 15 is 0 Å². The van der Waals surface area contributed by atoms with Crippen LogP contribution >= 0.6 is 0 Å². The molecule has 6 nitrogen and oxygen atoms in total. The van der Waals surface area contributed by atoms with Crippen LogP contribution in [0.4, 0.5) is 0 Å².